The van der Waals surface area contributed by atoms with Gasteiger partial charge in [0, 0.05) is 21.9 Å². The van der Waals surface area contributed by atoms with Crippen LogP contribution in [0.3, 0.4) is 0 Å². The number of nitrogens with zero attached hydrogens (tertiary/aromatic N) is 1. The Morgan fingerprint density at radius 2 is 1.84 bits per heavy atom. The summed E-state index contributed by atoms with van der Waals surface area (Å²) in [6.07, 6.45) is 2.10. The van der Waals surface area contributed by atoms with Gasteiger partial charge in [-0.1, -0.05) is 54.4 Å². The summed E-state index contributed by atoms with van der Waals surface area (Å²) in [7, 11) is 0. The van der Waals surface area contributed by atoms with E-state index in [0.717, 1.165) is 11.1 Å². The highest BCUT2D eigenvalue weighted by Gasteiger charge is 2.50. The Kier molecular flexibility index (Phi) is 8.46. The monoisotopic (exact) mass is 546 g/mol. The lowest BCUT2D eigenvalue weighted by atomic mass is 9.74. The van der Waals surface area contributed by atoms with E-state index in [1.807, 2.05) is 37.3 Å². The van der Waals surface area contributed by atoms with Crippen LogP contribution in [0.2, 0.25) is 10.0 Å². The number of carbonyl (C=O) groups excluding carboxylic acids is 2. The minimum atomic E-state index is -1.02. The number of hydrogen-bond donors (Lipinski definition) is 2. The zero-order chi connectivity index (χ0) is 26.7. The average Bonchev–Trinajstić information content (AvgIpc) is 3.65. The molecule has 2 amide bonds. The molecule has 0 bridgehead atoms. The fourth-order valence-corrected chi connectivity index (χ4v) is 5.70. The first kappa shape index (κ1) is 27.4. The molecule has 1 aliphatic heterocycles. The molecule has 0 spiro atoms. The van der Waals surface area contributed by atoms with E-state index in [9.17, 15) is 19.5 Å². The minimum absolute atomic E-state index is 0.198. The number of primary amides is 1. The molecule has 1 unspecified atom stereocenters. The minimum Gasteiger partial charge on any atom is -0.481 e. The van der Waals surface area contributed by atoms with E-state index in [1.54, 1.807) is 23.1 Å². The molecule has 2 aliphatic rings. The van der Waals surface area contributed by atoms with E-state index in [-0.39, 0.29) is 49.5 Å². The second kappa shape index (κ2) is 11.4. The molecule has 7 nitrogen and oxygen atoms in total. The third-order valence-electron chi connectivity index (χ3n) is 7.66. The number of likely N-dealkylation sites (tertiary alicyclic amines) is 1. The summed E-state index contributed by atoms with van der Waals surface area (Å²) in [5.41, 5.74) is 6.77. The lowest BCUT2D eigenvalue weighted by Crippen LogP contribution is -2.53. The standard InChI is InChI=1S/C28H32Cl2N2O5/c1-2-22(15-37-16-28(10-11-28)27(31)36)32-25(17-6-8-20(29)9-7-17)23(18-4-3-5-21(30)12-18)13-19(26(32)35)14-24(33)34/h3-9,12,19,22-23,25H,2,10-11,13-16H2,1H3,(H2,31,36)(H,33,34)/t19-,22-,23?,25+/m0/s1. The number of carbonyl (C=O) groups is 3. The third kappa shape index (κ3) is 6.11. The van der Waals surface area contributed by atoms with Crippen LogP contribution >= 0.6 is 23.2 Å². The van der Waals surface area contributed by atoms with Gasteiger partial charge in [0.25, 0.3) is 0 Å². The summed E-state index contributed by atoms with van der Waals surface area (Å²) in [6, 6.07) is 14.2. The van der Waals surface area contributed by atoms with Gasteiger partial charge in [-0.25, -0.2) is 0 Å². The molecule has 1 saturated carbocycles. The molecule has 198 valence electrons. The first-order valence-corrected chi connectivity index (χ1v) is 13.3. The van der Waals surface area contributed by atoms with Crippen molar-refractivity contribution in [2.45, 2.75) is 57.0 Å². The van der Waals surface area contributed by atoms with Gasteiger partial charge in [-0.05, 0) is 61.1 Å². The Hall–Kier alpha value is -2.61. The maximum absolute atomic E-state index is 13.9. The lowest BCUT2D eigenvalue weighted by molar-refractivity contribution is -0.154. The molecule has 1 heterocycles. The first-order valence-electron chi connectivity index (χ1n) is 12.6. The van der Waals surface area contributed by atoms with Crippen molar-refractivity contribution in [3.8, 4) is 0 Å². The number of piperidine rings is 1. The number of ether oxygens (including phenoxy) is 1. The fourth-order valence-electron chi connectivity index (χ4n) is 5.37. The van der Waals surface area contributed by atoms with Crippen molar-refractivity contribution in [1.82, 2.24) is 4.90 Å². The maximum Gasteiger partial charge on any atom is 0.304 e. The van der Waals surface area contributed by atoms with Gasteiger partial charge < -0.3 is 20.5 Å². The summed E-state index contributed by atoms with van der Waals surface area (Å²) >= 11 is 12.5. The smallest absolute Gasteiger partial charge is 0.304 e. The van der Waals surface area contributed by atoms with Gasteiger partial charge in [-0.2, -0.15) is 0 Å². The van der Waals surface area contributed by atoms with Crippen LogP contribution in [0.4, 0.5) is 0 Å². The summed E-state index contributed by atoms with van der Waals surface area (Å²) < 4.78 is 6.00. The van der Waals surface area contributed by atoms with Gasteiger partial charge in [0.15, 0.2) is 0 Å². The largest absolute Gasteiger partial charge is 0.481 e. The number of halogens is 2. The maximum atomic E-state index is 13.9. The molecule has 1 aliphatic carbocycles. The highest BCUT2D eigenvalue weighted by atomic mass is 35.5. The number of amides is 2. The van der Waals surface area contributed by atoms with E-state index in [4.69, 9.17) is 33.7 Å². The summed E-state index contributed by atoms with van der Waals surface area (Å²) in [5.74, 6) is -2.49. The molecular weight excluding hydrogens is 515 g/mol. The number of carboxylic acids is 1. The second-order valence-corrected chi connectivity index (χ2v) is 11.0. The molecule has 2 aromatic carbocycles. The quantitative estimate of drug-likeness (QED) is 0.402. The molecular formula is C28H32Cl2N2O5. The van der Waals surface area contributed by atoms with Gasteiger partial charge in [-0.15, -0.1) is 0 Å². The number of hydrogen-bond acceptors (Lipinski definition) is 4. The number of benzene rings is 2. The van der Waals surface area contributed by atoms with Crippen LogP contribution in [0, 0.1) is 11.3 Å². The molecule has 3 N–H and O–H groups in total. The molecule has 4 rings (SSSR count). The van der Waals surface area contributed by atoms with E-state index in [2.05, 4.69) is 0 Å². The van der Waals surface area contributed by atoms with Crippen molar-refractivity contribution in [3.05, 3.63) is 69.7 Å². The Morgan fingerprint density at radius 3 is 2.41 bits per heavy atom. The van der Waals surface area contributed by atoms with Crippen LogP contribution in [-0.4, -0.2) is 47.0 Å². The van der Waals surface area contributed by atoms with Gasteiger partial charge in [0.2, 0.25) is 11.8 Å². The zero-order valence-corrected chi connectivity index (χ0v) is 22.3. The van der Waals surface area contributed by atoms with Crippen molar-refractivity contribution < 1.29 is 24.2 Å². The first-order chi connectivity index (χ1) is 17.6. The van der Waals surface area contributed by atoms with E-state index >= 15 is 0 Å². The van der Waals surface area contributed by atoms with Crippen LogP contribution in [0.15, 0.2) is 48.5 Å². The topological polar surface area (TPSA) is 110 Å². The molecule has 9 heteroatoms. The van der Waals surface area contributed by atoms with E-state index in [1.165, 1.54) is 0 Å². The summed E-state index contributed by atoms with van der Waals surface area (Å²) in [6.45, 7) is 2.39. The Balaban J connectivity index is 1.73. The average molecular weight is 547 g/mol. The van der Waals surface area contributed by atoms with Gasteiger partial charge in [0.05, 0.1) is 37.1 Å². The van der Waals surface area contributed by atoms with Crippen molar-refractivity contribution >= 4 is 41.0 Å². The Labute approximate surface area is 226 Å². The Bertz CT molecular complexity index is 1150. The van der Waals surface area contributed by atoms with Crippen LogP contribution in [-0.2, 0) is 19.1 Å². The number of nitrogens with two attached hydrogens (primary N) is 1. The van der Waals surface area contributed by atoms with Crippen molar-refractivity contribution in [1.29, 1.82) is 0 Å². The second-order valence-electron chi connectivity index (χ2n) is 10.2. The van der Waals surface area contributed by atoms with Gasteiger partial charge >= 0.3 is 5.97 Å². The highest BCUT2D eigenvalue weighted by molar-refractivity contribution is 6.30. The summed E-state index contributed by atoms with van der Waals surface area (Å²) in [5, 5.41) is 10.7. The van der Waals surface area contributed by atoms with E-state index < -0.39 is 17.3 Å². The fraction of sp³-hybridized carbons (Fsp3) is 0.464. The molecule has 2 aromatic rings. The predicted octanol–water partition coefficient (Wildman–Crippen LogP) is 5.20. The van der Waals surface area contributed by atoms with Crippen molar-refractivity contribution in [3.63, 3.8) is 0 Å². The molecule has 4 atom stereocenters. The normalized spacial score (nSPS) is 23.5. The van der Waals surface area contributed by atoms with Crippen LogP contribution in [0.25, 0.3) is 0 Å². The number of carboxylic acid groups (broad SMARTS) is 1. The number of aliphatic carboxylic acids is 1. The molecule has 37 heavy (non-hydrogen) atoms. The highest BCUT2D eigenvalue weighted by Crippen LogP contribution is 2.48. The predicted molar refractivity (Wildman–Crippen MR) is 141 cm³/mol. The van der Waals surface area contributed by atoms with Crippen LogP contribution in [0.1, 0.15) is 62.1 Å². The van der Waals surface area contributed by atoms with Crippen LogP contribution < -0.4 is 5.73 Å². The SMILES string of the molecule is CC[C@@H](COCC1(C(N)=O)CC1)N1C(=O)[C@H](CC(=O)O)CC(c2cccc(Cl)c2)[C@H]1c1ccc(Cl)cc1. The summed E-state index contributed by atoms with van der Waals surface area (Å²) in [4.78, 5) is 39.3. The molecule has 1 saturated heterocycles. The van der Waals surface area contributed by atoms with E-state index in [0.29, 0.717) is 35.7 Å². The number of rotatable bonds is 11. The van der Waals surface area contributed by atoms with Gasteiger partial charge in [0.1, 0.15) is 0 Å². The van der Waals surface area contributed by atoms with Crippen LogP contribution in [0.5, 0.6) is 0 Å². The van der Waals surface area contributed by atoms with Gasteiger partial charge in [-0.3, -0.25) is 14.4 Å². The molecule has 2 fully saturated rings. The molecule has 0 aromatic heterocycles. The Morgan fingerprint density at radius 1 is 1.14 bits per heavy atom. The lowest BCUT2D eigenvalue weighted by Gasteiger charge is -2.48. The zero-order valence-electron chi connectivity index (χ0n) is 20.7. The molecule has 0 radical (unpaired) electrons. The van der Waals surface area contributed by atoms with Crippen molar-refractivity contribution in [2.75, 3.05) is 13.2 Å². The van der Waals surface area contributed by atoms with Crippen molar-refractivity contribution in [2.24, 2.45) is 17.1 Å². The third-order valence-corrected chi connectivity index (χ3v) is 8.15.